The lowest BCUT2D eigenvalue weighted by Gasteiger charge is -2.31. The Labute approximate surface area is 149 Å². The van der Waals surface area contributed by atoms with Crippen molar-refractivity contribution in [1.82, 2.24) is 19.2 Å². The van der Waals surface area contributed by atoms with Crippen molar-refractivity contribution >= 4 is 12.2 Å². The second kappa shape index (κ2) is 7.90. The lowest BCUT2D eigenvalue weighted by molar-refractivity contribution is 0.139. The molecule has 1 saturated heterocycles. The molecule has 1 aromatic carbocycles. The highest BCUT2D eigenvalue weighted by atomic mass is 32.1. The fraction of sp³-hybridized carbons (Fsp3) is 0.474. The molecule has 0 N–H and O–H groups in total. The minimum Gasteiger partial charge on any atom is -0.300 e. The number of hydrogen-bond donors (Lipinski definition) is 0. The second-order valence-corrected chi connectivity index (χ2v) is 6.99. The molecule has 1 fully saturated rings. The molecule has 0 bridgehead atoms. The minimum atomic E-state index is 0.726. The van der Waals surface area contributed by atoms with Crippen molar-refractivity contribution in [3.05, 3.63) is 59.1 Å². The van der Waals surface area contributed by atoms with Crippen LogP contribution in [0.2, 0.25) is 0 Å². The van der Waals surface area contributed by atoms with Crippen LogP contribution in [-0.4, -0.2) is 32.3 Å². The standard InChI is InChI=1S/C19H26N4S/c1-3-11-22-16(2)20-23(19(22)24)15-21-12-9-18(10-13-21)14-17-7-5-4-6-8-17/h3-8,18H,1,9-15H2,2H3. The second-order valence-electron chi connectivity index (χ2n) is 6.62. The largest absolute Gasteiger partial charge is 0.300 e. The average molecular weight is 343 g/mol. The molecule has 0 aliphatic carbocycles. The van der Waals surface area contributed by atoms with E-state index < -0.39 is 0 Å². The summed E-state index contributed by atoms with van der Waals surface area (Å²) in [5, 5.41) is 4.60. The number of aryl methyl sites for hydroxylation is 1. The number of rotatable bonds is 6. The summed E-state index contributed by atoms with van der Waals surface area (Å²) in [4.78, 5) is 2.46. The fourth-order valence-electron chi connectivity index (χ4n) is 3.45. The molecular formula is C19H26N4S. The third-order valence-corrected chi connectivity index (χ3v) is 5.26. The zero-order chi connectivity index (χ0) is 16.9. The lowest BCUT2D eigenvalue weighted by atomic mass is 9.90. The molecule has 3 rings (SSSR count). The molecule has 24 heavy (non-hydrogen) atoms. The predicted octanol–water partition coefficient (Wildman–Crippen LogP) is 3.82. The molecule has 0 amide bonds. The van der Waals surface area contributed by atoms with Crippen LogP contribution in [0.1, 0.15) is 24.2 Å². The third kappa shape index (κ3) is 4.02. The molecule has 0 saturated carbocycles. The smallest absolute Gasteiger partial charge is 0.199 e. The predicted molar refractivity (Wildman–Crippen MR) is 100 cm³/mol. The van der Waals surface area contributed by atoms with Crippen molar-refractivity contribution in [1.29, 1.82) is 0 Å². The number of aromatic nitrogens is 3. The van der Waals surface area contributed by atoms with E-state index in [-0.39, 0.29) is 0 Å². The molecule has 5 heteroatoms. The number of nitrogens with zero attached hydrogens (tertiary/aromatic N) is 4. The topological polar surface area (TPSA) is 26.0 Å². The van der Waals surface area contributed by atoms with Crippen molar-refractivity contribution in [3.8, 4) is 0 Å². The monoisotopic (exact) mass is 342 g/mol. The van der Waals surface area contributed by atoms with Gasteiger partial charge in [-0.25, -0.2) is 4.68 Å². The molecule has 2 aromatic rings. The van der Waals surface area contributed by atoms with Crippen molar-refractivity contribution in [2.24, 2.45) is 5.92 Å². The summed E-state index contributed by atoms with van der Waals surface area (Å²) < 4.78 is 4.77. The average Bonchev–Trinajstić information content (AvgIpc) is 2.85. The van der Waals surface area contributed by atoms with E-state index in [1.54, 1.807) is 0 Å². The van der Waals surface area contributed by atoms with Gasteiger partial charge >= 0.3 is 0 Å². The minimum absolute atomic E-state index is 0.726. The van der Waals surface area contributed by atoms with Gasteiger partial charge in [-0.2, -0.15) is 5.10 Å². The van der Waals surface area contributed by atoms with Crippen LogP contribution in [0.15, 0.2) is 43.0 Å². The van der Waals surface area contributed by atoms with Crippen LogP contribution in [0.4, 0.5) is 0 Å². The highest BCUT2D eigenvalue weighted by Crippen LogP contribution is 2.22. The van der Waals surface area contributed by atoms with E-state index in [1.807, 2.05) is 22.2 Å². The Bertz CT molecular complexity index is 724. The van der Waals surface area contributed by atoms with Crippen LogP contribution in [0.3, 0.4) is 0 Å². The summed E-state index contributed by atoms with van der Waals surface area (Å²) in [7, 11) is 0. The van der Waals surface area contributed by atoms with Gasteiger partial charge in [0.1, 0.15) is 5.82 Å². The van der Waals surface area contributed by atoms with Gasteiger partial charge in [-0.1, -0.05) is 36.4 Å². The van der Waals surface area contributed by atoms with Crippen molar-refractivity contribution in [2.45, 2.75) is 39.4 Å². The highest BCUT2D eigenvalue weighted by molar-refractivity contribution is 7.71. The maximum absolute atomic E-state index is 5.55. The zero-order valence-electron chi connectivity index (χ0n) is 14.4. The Kier molecular flexibility index (Phi) is 5.63. The number of benzene rings is 1. The Morgan fingerprint density at radius 3 is 2.62 bits per heavy atom. The maximum atomic E-state index is 5.55. The molecule has 4 nitrogen and oxygen atoms in total. The molecule has 0 atom stereocenters. The number of piperidine rings is 1. The van der Waals surface area contributed by atoms with Crippen LogP contribution >= 0.6 is 12.2 Å². The normalized spacial score (nSPS) is 16.4. The molecule has 0 spiro atoms. The van der Waals surface area contributed by atoms with E-state index >= 15 is 0 Å². The Hall–Kier alpha value is -1.72. The van der Waals surface area contributed by atoms with Gasteiger partial charge in [-0.15, -0.1) is 6.58 Å². The summed E-state index contributed by atoms with van der Waals surface area (Å²) in [5.41, 5.74) is 1.46. The van der Waals surface area contributed by atoms with Gasteiger partial charge in [0.15, 0.2) is 4.77 Å². The fourth-order valence-corrected chi connectivity index (χ4v) is 3.75. The van der Waals surface area contributed by atoms with E-state index in [0.717, 1.165) is 42.8 Å². The summed E-state index contributed by atoms with van der Waals surface area (Å²) in [6, 6.07) is 10.8. The number of hydrogen-bond acceptors (Lipinski definition) is 3. The van der Waals surface area contributed by atoms with Crippen molar-refractivity contribution < 1.29 is 0 Å². The van der Waals surface area contributed by atoms with E-state index in [0.29, 0.717) is 0 Å². The van der Waals surface area contributed by atoms with Gasteiger partial charge < -0.3 is 4.57 Å². The first-order valence-corrected chi connectivity index (χ1v) is 9.09. The van der Waals surface area contributed by atoms with Crippen molar-refractivity contribution in [3.63, 3.8) is 0 Å². The molecule has 128 valence electrons. The Balaban J connectivity index is 1.55. The van der Waals surface area contributed by atoms with Crippen LogP contribution in [0.5, 0.6) is 0 Å². The van der Waals surface area contributed by atoms with E-state index in [2.05, 4.69) is 46.9 Å². The maximum Gasteiger partial charge on any atom is 0.199 e. The highest BCUT2D eigenvalue weighted by Gasteiger charge is 2.20. The zero-order valence-corrected chi connectivity index (χ0v) is 15.2. The first-order valence-electron chi connectivity index (χ1n) is 8.69. The molecule has 1 aromatic heterocycles. The number of likely N-dealkylation sites (tertiary alicyclic amines) is 1. The van der Waals surface area contributed by atoms with Gasteiger partial charge in [0.05, 0.1) is 6.67 Å². The van der Waals surface area contributed by atoms with Crippen LogP contribution < -0.4 is 0 Å². The Morgan fingerprint density at radius 1 is 1.25 bits per heavy atom. The SMILES string of the molecule is C=CCn1c(C)nn(CN2CCC(Cc3ccccc3)CC2)c1=S. The molecule has 1 aliphatic heterocycles. The van der Waals surface area contributed by atoms with Gasteiger partial charge in [-0.05, 0) is 49.9 Å². The van der Waals surface area contributed by atoms with Gasteiger partial charge in [0.25, 0.3) is 0 Å². The van der Waals surface area contributed by atoms with E-state index in [9.17, 15) is 0 Å². The first kappa shape index (κ1) is 17.1. The summed E-state index contributed by atoms with van der Waals surface area (Å²) in [6.45, 7) is 9.55. The van der Waals surface area contributed by atoms with E-state index in [4.69, 9.17) is 12.2 Å². The third-order valence-electron chi connectivity index (χ3n) is 4.83. The quantitative estimate of drug-likeness (QED) is 0.590. The molecule has 0 radical (unpaired) electrons. The van der Waals surface area contributed by atoms with Gasteiger partial charge in [0.2, 0.25) is 0 Å². The molecular weight excluding hydrogens is 316 g/mol. The van der Waals surface area contributed by atoms with Crippen LogP contribution in [0.25, 0.3) is 0 Å². The summed E-state index contributed by atoms with van der Waals surface area (Å²) >= 11 is 5.55. The molecule has 0 unspecified atom stereocenters. The van der Waals surface area contributed by atoms with E-state index in [1.165, 1.54) is 24.8 Å². The summed E-state index contributed by atoms with van der Waals surface area (Å²) in [6.07, 6.45) is 5.55. The molecule has 2 heterocycles. The number of allylic oxidation sites excluding steroid dienone is 1. The Morgan fingerprint density at radius 2 is 1.96 bits per heavy atom. The molecule has 1 aliphatic rings. The van der Waals surface area contributed by atoms with Gasteiger partial charge in [-0.3, -0.25) is 4.90 Å². The lowest BCUT2D eigenvalue weighted by Crippen LogP contribution is -2.36. The van der Waals surface area contributed by atoms with Crippen molar-refractivity contribution in [2.75, 3.05) is 13.1 Å². The van der Waals surface area contributed by atoms with Crippen LogP contribution in [0, 0.1) is 17.6 Å². The first-order chi connectivity index (χ1) is 11.7. The van der Waals surface area contributed by atoms with Crippen LogP contribution in [-0.2, 0) is 19.6 Å². The van der Waals surface area contributed by atoms with Gasteiger partial charge in [0, 0.05) is 19.6 Å². The summed E-state index contributed by atoms with van der Waals surface area (Å²) in [5.74, 6) is 1.75.